The van der Waals surface area contributed by atoms with E-state index in [0.717, 1.165) is 53.6 Å². The molecule has 2 aromatic rings. The normalized spacial score (nSPS) is 23.6. The van der Waals surface area contributed by atoms with Crippen molar-refractivity contribution in [2.45, 2.75) is 45.2 Å². The predicted octanol–water partition coefficient (Wildman–Crippen LogP) is 5.47. The lowest BCUT2D eigenvalue weighted by atomic mass is 9.83. The minimum atomic E-state index is -0.328. The molecule has 1 aliphatic carbocycles. The molecule has 0 radical (unpaired) electrons. The SMILES string of the molecule is Cc1ccc(C2=NC3(CCC(C)CC3)N=C2SCC(=O)Nc2ccccc2)cc1. The van der Waals surface area contributed by atoms with Crippen molar-refractivity contribution in [2.24, 2.45) is 15.9 Å². The molecule has 150 valence electrons. The van der Waals surface area contributed by atoms with Gasteiger partial charge in [0.1, 0.15) is 5.04 Å². The molecular formula is C24H27N3OS. The van der Waals surface area contributed by atoms with E-state index < -0.39 is 0 Å². The fraction of sp³-hybridized carbons (Fsp3) is 0.375. The van der Waals surface area contributed by atoms with Gasteiger partial charge >= 0.3 is 0 Å². The molecular weight excluding hydrogens is 378 g/mol. The minimum absolute atomic E-state index is 0.0228. The molecule has 2 aliphatic rings. The maximum absolute atomic E-state index is 12.4. The standard InChI is InChI=1S/C24H27N3OS/c1-17-8-10-19(11-9-17)22-23(27-24(26-22)14-12-18(2)13-15-24)29-16-21(28)25-20-6-4-3-5-7-20/h3-11,18H,12-16H2,1-2H3,(H,25,28). The Labute approximate surface area is 176 Å². The van der Waals surface area contributed by atoms with Gasteiger partial charge in [0.15, 0.2) is 5.66 Å². The average molecular weight is 406 g/mol. The summed E-state index contributed by atoms with van der Waals surface area (Å²) in [5, 5.41) is 3.85. The van der Waals surface area contributed by atoms with Crippen LogP contribution in [0.5, 0.6) is 0 Å². The van der Waals surface area contributed by atoms with Crippen molar-refractivity contribution in [2.75, 3.05) is 11.1 Å². The second-order valence-corrected chi connectivity index (χ2v) is 9.08. The van der Waals surface area contributed by atoms with Crippen LogP contribution in [0.25, 0.3) is 0 Å². The smallest absolute Gasteiger partial charge is 0.234 e. The third-order valence-electron chi connectivity index (χ3n) is 5.63. The topological polar surface area (TPSA) is 53.8 Å². The first-order chi connectivity index (χ1) is 14.0. The second-order valence-electron chi connectivity index (χ2n) is 8.11. The lowest BCUT2D eigenvalue weighted by Crippen LogP contribution is -2.28. The molecule has 1 N–H and O–H groups in total. The molecule has 4 nitrogen and oxygen atoms in total. The van der Waals surface area contributed by atoms with Gasteiger partial charge < -0.3 is 5.32 Å². The summed E-state index contributed by atoms with van der Waals surface area (Å²) in [5.74, 6) is 1.04. The first-order valence-electron chi connectivity index (χ1n) is 10.3. The van der Waals surface area contributed by atoms with E-state index in [9.17, 15) is 4.79 Å². The molecule has 1 heterocycles. The Morgan fingerprint density at radius 3 is 2.45 bits per heavy atom. The van der Waals surface area contributed by atoms with Gasteiger partial charge in [-0.2, -0.15) is 0 Å². The van der Waals surface area contributed by atoms with Gasteiger partial charge in [0.2, 0.25) is 5.91 Å². The molecule has 0 atom stereocenters. The number of nitrogens with zero attached hydrogens (tertiary/aromatic N) is 2. The van der Waals surface area contributed by atoms with Gasteiger partial charge in [-0.15, -0.1) is 0 Å². The maximum atomic E-state index is 12.4. The number of aliphatic imine (C=N–C) groups is 2. The van der Waals surface area contributed by atoms with Crippen molar-refractivity contribution in [1.82, 2.24) is 0 Å². The second kappa shape index (κ2) is 8.54. The number of carbonyl (C=O) groups excluding carboxylic acids is 1. The molecule has 1 spiro atoms. The number of para-hydroxylation sites is 1. The van der Waals surface area contributed by atoms with Crippen LogP contribution in [0.15, 0.2) is 64.6 Å². The molecule has 1 amide bonds. The van der Waals surface area contributed by atoms with E-state index in [4.69, 9.17) is 9.98 Å². The van der Waals surface area contributed by atoms with E-state index >= 15 is 0 Å². The molecule has 2 aromatic carbocycles. The number of amides is 1. The summed E-state index contributed by atoms with van der Waals surface area (Å²) in [6.45, 7) is 4.39. The van der Waals surface area contributed by atoms with Crippen molar-refractivity contribution in [3.8, 4) is 0 Å². The van der Waals surface area contributed by atoms with Gasteiger partial charge in [0, 0.05) is 11.3 Å². The number of carbonyl (C=O) groups is 1. The van der Waals surface area contributed by atoms with Gasteiger partial charge in [0.05, 0.1) is 11.5 Å². The minimum Gasteiger partial charge on any atom is -0.325 e. The zero-order valence-electron chi connectivity index (χ0n) is 17.0. The van der Waals surface area contributed by atoms with Crippen molar-refractivity contribution < 1.29 is 4.79 Å². The van der Waals surface area contributed by atoms with E-state index in [1.165, 1.54) is 17.3 Å². The molecule has 5 heteroatoms. The molecule has 4 rings (SSSR count). The summed E-state index contributed by atoms with van der Waals surface area (Å²) in [7, 11) is 0. The largest absolute Gasteiger partial charge is 0.325 e. The summed E-state index contributed by atoms with van der Waals surface area (Å²) >= 11 is 1.49. The molecule has 1 saturated carbocycles. The number of nitrogens with one attached hydrogen (secondary N) is 1. The van der Waals surface area contributed by atoms with E-state index in [1.807, 2.05) is 30.3 Å². The third kappa shape index (κ3) is 4.78. The van der Waals surface area contributed by atoms with Crippen molar-refractivity contribution in [1.29, 1.82) is 0 Å². The highest BCUT2D eigenvalue weighted by Crippen LogP contribution is 2.40. The molecule has 0 bridgehead atoms. The van der Waals surface area contributed by atoms with Crippen molar-refractivity contribution in [3.05, 3.63) is 65.7 Å². The predicted molar refractivity (Wildman–Crippen MR) is 123 cm³/mol. The Morgan fingerprint density at radius 2 is 1.76 bits per heavy atom. The van der Waals surface area contributed by atoms with Crippen LogP contribution in [0.4, 0.5) is 5.69 Å². The number of anilines is 1. The molecule has 1 fully saturated rings. The monoisotopic (exact) mass is 405 g/mol. The highest BCUT2D eigenvalue weighted by atomic mass is 32.2. The van der Waals surface area contributed by atoms with E-state index in [-0.39, 0.29) is 11.6 Å². The number of hydrogen-bond acceptors (Lipinski definition) is 4. The fourth-order valence-electron chi connectivity index (χ4n) is 3.82. The number of thioether (sulfide) groups is 1. The third-order valence-corrected chi connectivity index (χ3v) is 6.59. The first-order valence-corrected chi connectivity index (χ1v) is 11.3. The average Bonchev–Trinajstić information content (AvgIpc) is 3.09. The Hall–Kier alpha value is -2.40. The molecule has 29 heavy (non-hydrogen) atoms. The van der Waals surface area contributed by atoms with Crippen molar-refractivity contribution in [3.63, 3.8) is 0 Å². The maximum Gasteiger partial charge on any atom is 0.234 e. The molecule has 0 saturated heterocycles. The van der Waals surface area contributed by atoms with Crippen LogP contribution in [0, 0.1) is 12.8 Å². The zero-order chi connectivity index (χ0) is 20.3. The number of benzene rings is 2. The Kier molecular flexibility index (Phi) is 5.86. The van der Waals surface area contributed by atoms with Crippen molar-refractivity contribution >= 4 is 34.1 Å². The highest BCUT2D eigenvalue weighted by molar-refractivity contribution is 8.16. The molecule has 1 aliphatic heterocycles. The van der Waals surface area contributed by atoms with Crippen LogP contribution in [-0.4, -0.2) is 28.1 Å². The van der Waals surface area contributed by atoms with Crippen LogP contribution in [0.2, 0.25) is 0 Å². The summed E-state index contributed by atoms with van der Waals surface area (Å²) in [5.41, 5.74) is 3.74. The van der Waals surface area contributed by atoms with Crippen LogP contribution >= 0.6 is 11.8 Å². The van der Waals surface area contributed by atoms with Crippen LogP contribution in [0.3, 0.4) is 0 Å². The molecule has 0 unspecified atom stereocenters. The lowest BCUT2D eigenvalue weighted by molar-refractivity contribution is -0.113. The van der Waals surface area contributed by atoms with E-state index in [2.05, 4.69) is 43.4 Å². The van der Waals surface area contributed by atoms with E-state index in [0.29, 0.717) is 5.75 Å². The lowest BCUT2D eigenvalue weighted by Gasteiger charge is -2.30. The van der Waals surface area contributed by atoms with Gasteiger partial charge in [-0.05, 0) is 50.7 Å². The van der Waals surface area contributed by atoms with Crippen LogP contribution in [0.1, 0.15) is 43.7 Å². The van der Waals surface area contributed by atoms with Crippen LogP contribution < -0.4 is 5.32 Å². The quantitative estimate of drug-likeness (QED) is 0.733. The van der Waals surface area contributed by atoms with Gasteiger partial charge in [-0.25, -0.2) is 4.99 Å². The Morgan fingerprint density at radius 1 is 1.07 bits per heavy atom. The van der Waals surface area contributed by atoms with Gasteiger partial charge in [0.25, 0.3) is 0 Å². The summed E-state index contributed by atoms with van der Waals surface area (Å²) in [6, 6.07) is 18.0. The van der Waals surface area contributed by atoms with Gasteiger partial charge in [-0.1, -0.05) is 66.7 Å². The summed E-state index contributed by atoms with van der Waals surface area (Å²) in [4.78, 5) is 22.6. The number of hydrogen-bond donors (Lipinski definition) is 1. The Bertz CT molecular complexity index is 926. The first kappa shape index (κ1) is 19.9. The summed E-state index contributed by atoms with van der Waals surface area (Å²) in [6.07, 6.45) is 4.29. The summed E-state index contributed by atoms with van der Waals surface area (Å²) < 4.78 is 0. The zero-order valence-corrected chi connectivity index (χ0v) is 17.8. The highest BCUT2D eigenvalue weighted by Gasteiger charge is 2.39. The van der Waals surface area contributed by atoms with E-state index in [1.54, 1.807) is 0 Å². The number of rotatable bonds is 4. The fourth-order valence-corrected chi connectivity index (χ4v) is 4.70. The molecule has 0 aromatic heterocycles. The Balaban J connectivity index is 1.51. The van der Waals surface area contributed by atoms with Crippen LogP contribution in [-0.2, 0) is 4.79 Å². The van der Waals surface area contributed by atoms with Gasteiger partial charge in [-0.3, -0.25) is 9.79 Å². The number of aryl methyl sites for hydroxylation is 1.